The van der Waals surface area contributed by atoms with Gasteiger partial charge < -0.3 is 19.3 Å². The summed E-state index contributed by atoms with van der Waals surface area (Å²) in [6.45, 7) is 0. The maximum absolute atomic E-state index is 12.2. The SMILES string of the molecule is COc1cc(C(=O)NN=Cc2ccccc2O)cc(OC)c1OC. The first-order valence-electron chi connectivity index (χ1n) is 7.02. The van der Waals surface area contributed by atoms with Crippen LogP contribution in [0.4, 0.5) is 0 Å². The van der Waals surface area contributed by atoms with Gasteiger partial charge in [-0.05, 0) is 24.3 Å². The van der Waals surface area contributed by atoms with Gasteiger partial charge in [0.15, 0.2) is 11.5 Å². The van der Waals surface area contributed by atoms with Gasteiger partial charge in [0.05, 0.1) is 27.5 Å². The Balaban J connectivity index is 2.19. The zero-order chi connectivity index (χ0) is 17.5. The zero-order valence-corrected chi connectivity index (χ0v) is 13.6. The second kappa shape index (κ2) is 7.87. The fourth-order valence-electron chi connectivity index (χ4n) is 2.03. The van der Waals surface area contributed by atoms with Crippen LogP contribution in [0.25, 0.3) is 0 Å². The third kappa shape index (κ3) is 3.75. The molecule has 0 heterocycles. The third-order valence-electron chi connectivity index (χ3n) is 3.23. The third-order valence-corrected chi connectivity index (χ3v) is 3.23. The average molecular weight is 330 g/mol. The molecule has 0 unspecified atom stereocenters. The van der Waals surface area contributed by atoms with Crippen molar-refractivity contribution in [2.75, 3.05) is 21.3 Å². The van der Waals surface area contributed by atoms with E-state index in [1.165, 1.54) is 45.7 Å². The van der Waals surface area contributed by atoms with Crippen LogP contribution in [0.1, 0.15) is 15.9 Å². The topological polar surface area (TPSA) is 89.4 Å². The second-order valence-corrected chi connectivity index (χ2v) is 4.67. The highest BCUT2D eigenvalue weighted by Gasteiger charge is 2.16. The molecule has 0 atom stereocenters. The van der Waals surface area contributed by atoms with E-state index >= 15 is 0 Å². The lowest BCUT2D eigenvalue weighted by molar-refractivity contribution is 0.0954. The summed E-state index contributed by atoms with van der Waals surface area (Å²) in [5.41, 5.74) is 3.16. The monoisotopic (exact) mass is 330 g/mol. The number of aromatic hydroxyl groups is 1. The molecule has 0 saturated carbocycles. The number of carbonyl (C=O) groups excluding carboxylic acids is 1. The number of benzene rings is 2. The lowest BCUT2D eigenvalue weighted by Gasteiger charge is -2.13. The van der Waals surface area contributed by atoms with Gasteiger partial charge in [0.2, 0.25) is 5.75 Å². The number of hydrazone groups is 1. The summed E-state index contributed by atoms with van der Waals surface area (Å²) in [5, 5.41) is 13.5. The molecule has 2 rings (SSSR count). The van der Waals surface area contributed by atoms with E-state index in [9.17, 15) is 9.90 Å². The predicted octanol–water partition coefficient (Wildman–Crippen LogP) is 2.18. The number of nitrogens with one attached hydrogen (secondary N) is 1. The quantitative estimate of drug-likeness (QED) is 0.626. The minimum atomic E-state index is -0.457. The first-order chi connectivity index (χ1) is 11.6. The molecule has 126 valence electrons. The Morgan fingerprint density at radius 3 is 2.25 bits per heavy atom. The number of phenols is 1. The van der Waals surface area contributed by atoms with E-state index < -0.39 is 5.91 Å². The van der Waals surface area contributed by atoms with E-state index in [-0.39, 0.29) is 5.75 Å². The van der Waals surface area contributed by atoms with E-state index in [0.717, 1.165) is 0 Å². The van der Waals surface area contributed by atoms with E-state index in [1.54, 1.807) is 18.2 Å². The van der Waals surface area contributed by atoms with Crippen molar-refractivity contribution in [3.63, 3.8) is 0 Å². The van der Waals surface area contributed by atoms with E-state index in [0.29, 0.717) is 28.4 Å². The molecule has 0 saturated heterocycles. The molecular weight excluding hydrogens is 312 g/mol. The minimum Gasteiger partial charge on any atom is -0.507 e. The first-order valence-corrected chi connectivity index (χ1v) is 7.02. The van der Waals surface area contributed by atoms with Crippen molar-refractivity contribution < 1.29 is 24.1 Å². The molecule has 0 aliphatic rings. The van der Waals surface area contributed by atoms with Gasteiger partial charge >= 0.3 is 0 Å². The summed E-state index contributed by atoms with van der Waals surface area (Å²) < 4.78 is 15.6. The van der Waals surface area contributed by atoms with Crippen LogP contribution < -0.4 is 19.6 Å². The number of nitrogens with zero attached hydrogens (tertiary/aromatic N) is 1. The predicted molar refractivity (Wildman–Crippen MR) is 89.3 cm³/mol. The number of hydrogen-bond donors (Lipinski definition) is 2. The molecular formula is C17H18N2O5. The van der Waals surface area contributed by atoms with Crippen LogP contribution >= 0.6 is 0 Å². The summed E-state index contributed by atoms with van der Waals surface area (Å²) in [7, 11) is 4.42. The van der Waals surface area contributed by atoms with Crippen molar-refractivity contribution in [1.82, 2.24) is 5.43 Å². The van der Waals surface area contributed by atoms with E-state index in [2.05, 4.69) is 10.5 Å². The Labute approximate surface area is 139 Å². The van der Waals surface area contributed by atoms with Gasteiger partial charge in [-0.25, -0.2) is 5.43 Å². The molecule has 0 spiro atoms. The van der Waals surface area contributed by atoms with Crippen molar-refractivity contribution in [1.29, 1.82) is 0 Å². The molecule has 2 aromatic rings. The summed E-state index contributed by atoms with van der Waals surface area (Å²) in [6.07, 6.45) is 1.35. The van der Waals surface area contributed by atoms with Crippen LogP contribution in [-0.2, 0) is 0 Å². The van der Waals surface area contributed by atoms with Gasteiger partial charge in [-0.1, -0.05) is 12.1 Å². The molecule has 0 radical (unpaired) electrons. The highest BCUT2D eigenvalue weighted by atomic mass is 16.5. The maximum Gasteiger partial charge on any atom is 0.271 e. The van der Waals surface area contributed by atoms with E-state index in [1.807, 2.05) is 0 Å². The van der Waals surface area contributed by atoms with Crippen LogP contribution in [0.2, 0.25) is 0 Å². The van der Waals surface area contributed by atoms with Crippen molar-refractivity contribution in [3.05, 3.63) is 47.5 Å². The van der Waals surface area contributed by atoms with Crippen LogP contribution in [0.5, 0.6) is 23.0 Å². The largest absolute Gasteiger partial charge is 0.507 e. The number of phenolic OH excluding ortho intramolecular Hbond substituents is 1. The summed E-state index contributed by atoms with van der Waals surface area (Å²) in [6, 6.07) is 9.69. The Kier molecular flexibility index (Phi) is 5.62. The molecule has 2 N–H and O–H groups in total. The van der Waals surface area contributed by atoms with Gasteiger partial charge in [-0.3, -0.25) is 4.79 Å². The zero-order valence-electron chi connectivity index (χ0n) is 13.6. The van der Waals surface area contributed by atoms with Gasteiger partial charge in [0.25, 0.3) is 5.91 Å². The molecule has 0 aromatic heterocycles. The lowest BCUT2D eigenvalue weighted by Crippen LogP contribution is -2.18. The summed E-state index contributed by atoms with van der Waals surface area (Å²) >= 11 is 0. The Morgan fingerprint density at radius 1 is 1.08 bits per heavy atom. The van der Waals surface area contributed by atoms with Gasteiger partial charge in [-0.15, -0.1) is 0 Å². The summed E-state index contributed by atoms with van der Waals surface area (Å²) in [4.78, 5) is 12.2. The maximum atomic E-state index is 12.2. The normalized spacial score (nSPS) is 10.5. The number of methoxy groups -OCH3 is 3. The molecule has 24 heavy (non-hydrogen) atoms. The first kappa shape index (κ1) is 17.1. The molecule has 7 heteroatoms. The highest BCUT2D eigenvalue weighted by Crippen LogP contribution is 2.38. The molecule has 2 aromatic carbocycles. The smallest absolute Gasteiger partial charge is 0.271 e. The molecule has 7 nitrogen and oxygen atoms in total. The van der Waals surface area contributed by atoms with Crippen molar-refractivity contribution in [2.45, 2.75) is 0 Å². The van der Waals surface area contributed by atoms with Gasteiger partial charge in [0.1, 0.15) is 5.75 Å². The van der Waals surface area contributed by atoms with E-state index in [4.69, 9.17) is 14.2 Å². The molecule has 0 aliphatic carbocycles. The van der Waals surface area contributed by atoms with Crippen LogP contribution in [0, 0.1) is 0 Å². The Hall–Kier alpha value is -3.22. The molecule has 0 aliphatic heterocycles. The fraction of sp³-hybridized carbons (Fsp3) is 0.176. The number of amides is 1. The Bertz CT molecular complexity index is 733. The second-order valence-electron chi connectivity index (χ2n) is 4.67. The minimum absolute atomic E-state index is 0.0725. The average Bonchev–Trinajstić information content (AvgIpc) is 2.61. The lowest BCUT2D eigenvalue weighted by atomic mass is 10.1. The van der Waals surface area contributed by atoms with Crippen molar-refractivity contribution >= 4 is 12.1 Å². The van der Waals surface area contributed by atoms with Crippen molar-refractivity contribution in [2.24, 2.45) is 5.10 Å². The molecule has 0 fully saturated rings. The standard InChI is InChI=1S/C17H18N2O5/c1-22-14-8-12(9-15(23-2)16(14)24-3)17(21)19-18-10-11-6-4-5-7-13(11)20/h4-10,20H,1-3H3,(H,19,21). The van der Waals surface area contributed by atoms with Gasteiger partial charge in [0, 0.05) is 11.1 Å². The molecule has 1 amide bonds. The van der Waals surface area contributed by atoms with Gasteiger partial charge in [-0.2, -0.15) is 5.10 Å². The van der Waals surface area contributed by atoms with Crippen LogP contribution in [-0.4, -0.2) is 38.6 Å². The summed E-state index contributed by atoms with van der Waals surface area (Å²) in [5.74, 6) is 0.747. The number of hydrogen-bond acceptors (Lipinski definition) is 6. The number of ether oxygens (including phenoxy) is 3. The van der Waals surface area contributed by atoms with Crippen LogP contribution in [0.3, 0.4) is 0 Å². The number of rotatable bonds is 6. The van der Waals surface area contributed by atoms with Crippen molar-refractivity contribution in [3.8, 4) is 23.0 Å². The fourth-order valence-corrected chi connectivity index (χ4v) is 2.03. The number of carbonyl (C=O) groups is 1. The molecule has 0 bridgehead atoms. The highest BCUT2D eigenvalue weighted by molar-refractivity contribution is 5.96. The van der Waals surface area contributed by atoms with Crippen LogP contribution in [0.15, 0.2) is 41.5 Å². The Morgan fingerprint density at radius 2 is 1.71 bits per heavy atom. The number of para-hydroxylation sites is 1.